The van der Waals surface area contributed by atoms with Gasteiger partial charge >= 0.3 is 0 Å². The summed E-state index contributed by atoms with van der Waals surface area (Å²) in [6, 6.07) is 1.85. The number of nitrogens with zero attached hydrogens (tertiary/aromatic N) is 2. The number of nitrogen functional groups attached to an aromatic ring is 1. The number of hydrogen-bond acceptors (Lipinski definition) is 4. The van der Waals surface area contributed by atoms with E-state index in [1.807, 2.05) is 6.07 Å². The number of rotatable bonds is 3. The summed E-state index contributed by atoms with van der Waals surface area (Å²) in [7, 11) is 0. The molecule has 0 spiro atoms. The first-order valence-corrected chi connectivity index (χ1v) is 4.23. The quantitative estimate of drug-likeness (QED) is 0.785. The van der Waals surface area contributed by atoms with E-state index in [0.717, 1.165) is 6.20 Å². The Morgan fingerprint density at radius 2 is 2.20 bits per heavy atom. The average Bonchev–Trinajstić information content (AvgIpc) is 2.20. The first kappa shape index (κ1) is 11.3. The number of nitriles is 1. The van der Waals surface area contributed by atoms with Crippen LogP contribution >= 0.6 is 0 Å². The lowest BCUT2D eigenvalue weighted by Gasteiger charge is -2.11. The van der Waals surface area contributed by atoms with Crippen molar-refractivity contribution in [2.24, 2.45) is 5.73 Å². The number of alkyl halides is 2. The van der Waals surface area contributed by atoms with Gasteiger partial charge in [-0.15, -0.1) is 0 Å². The Kier molecular flexibility index (Phi) is 3.52. The maximum absolute atomic E-state index is 12.5. The molecule has 0 saturated heterocycles. The summed E-state index contributed by atoms with van der Waals surface area (Å²) in [6.07, 6.45) is -1.65. The van der Waals surface area contributed by atoms with Gasteiger partial charge in [-0.1, -0.05) is 0 Å². The van der Waals surface area contributed by atoms with Gasteiger partial charge in [0.1, 0.15) is 0 Å². The van der Waals surface area contributed by atoms with Gasteiger partial charge in [-0.05, 0) is 0 Å². The summed E-state index contributed by atoms with van der Waals surface area (Å²) in [5, 5.41) is 8.46. The van der Waals surface area contributed by atoms with Gasteiger partial charge < -0.3 is 11.5 Å². The number of hydrogen-bond donors (Lipinski definition) is 2. The highest BCUT2D eigenvalue weighted by Crippen LogP contribution is 2.27. The van der Waals surface area contributed by atoms with E-state index in [1.54, 1.807) is 0 Å². The lowest BCUT2D eigenvalue weighted by Crippen LogP contribution is -2.10. The topological polar surface area (TPSA) is 88.7 Å². The normalized spacial score (nSPS) is 10.3. The van der Waals surface area contributed by atoms with Gasteiger partial charge in [0.15, 0.2) is 0 Å². The van der Waals surface area contributed by atoms with Crippen LogP contribution < -0.4 is 11.5 Å². The molecule has 6 heteroatoms. The average molecular weight is 212 g/mol. The molecule has 1 rings (SSSR count). The van der Waals surface area contributed by atoms with Crippen molar-refractivity contribution in [2.45, 2.75) is 19.4 Å². The van der Waals surface area contributed by atoms with E-state index >= 15 is 0 Å². The van der Waals surface area contributed by atoms with Crippen molar-refractivity contribution in [3.63, 3.8) is 0 Å². The molecule has 0 aromatic carbocycles. The third kappa shape index (κ3) is 2.19. The molecule has 15 heavy (non-hydrogen) atoms. The number of aromatic nitrogens is 1. The van der Waals surface area contributed by atoms with Gasteiger partial charge in [0, 0.05) is 23.9 Å². The molecule has 0 aliphatic rings. The monoisotopic (exact) mass is 212 g/mol. The zero-order valence-corrected chi connectivity index (χ0v) is 7.87. The second-order valence-electron chi connectivity index (χ2n) is 2.89. The van der Waals surface area contributed by atoms with Gasteiger partial charge in [-0.25, -0.2) is 8.78 Å². The number of halogens is 2. The third-order valence-electron chi connectivity index (χ3n) is 2.03. The molecule has 4 N–H and O–H groups in total. The second-order valence-corrected chi connectivity index (χ2v) is 2.89. The van der Waals surface area contributed by atoms with Crippen LogP contribution in [0, 0.1) is 11.3 Å². The van der Waals surface area contributed by atoms with Crippen LogP contribution in [0.15, 0.2) is 6.20 Å². The minimum atomic E-state index is -2.66. The molecule has 0 atom stereocenters. The lowest BCUT2D eigenvalue weighted by molar-refractivity contribution is 0.150. The fourth-order valence-corrected chi connectivity index (χ4v) is 1.26. The molecule has 0 aliphatic heterocycles. The maximum Gasteiger partial charge on any atom is 0.265 e. The van der Waals surface area contributed by atoms with E-state index < -0.39 is 6.43 Å². The van der Waals surface area contributed by atoms with Gasteiger partial charge in [0.25, 0.3) is 6.43 Å². The largest absolute Gasteiger partial charge is 0.397 e. The Bertz CT molecular complexity index is 398. The highest BCUT2D eigenvalue weighted by Gasteiger charge is 2.17. The highest BCUT2D eigenvalue weighted by atomic mass is 19.3. The molecule has 1 aromatic rings. The van der Waals surface area contributed by atoms with Gasteiger partial charge in [-0.2, -0.15) is 5.26 Å². The molecule has 0 radical (unpaired) electrons. The zero-order valence-electron chi connectivity index (χ0n) is 7.87. The van der Waals surface area contributed by atoms with Crippen molar-refractivity contribution in [3.8, 4) is 6.07 Å². The number of pyridine rings is 1. The molecular formula is C9H10F2N4. The first-order chi connectivity index (χ1) is 7.11. The third-order valence-corrected chi connectivity index (χ3v) is 2.03. The van der Waals surface area contributed by atoms with Crippen molar-refractivity contribution in [1.82, 2.24) is 4.98 Å². The van der Waals surface area contributed by atoms with Crippen LogP contribution in [0.3, 0.4) is 0 Å². The molecule has 4 nitrogen and oxygen atoms in total. The van der Waals surface area contributed by atoms with Crippen molar-refractivity contribution in [3.05, 3.63) is 23.0 Å². The van der Waals surface area contributed by atoms with Crippen LogP contribution in [0.4, 0.5) is 14.5 Å². The molecule has 0 aliphatic carbocycles. The van der Waals surface area contributed by atoms with E-state index in [9.17, 15) is 8.78 Å². The summed E-state index contributed by atoms with van der Waals surface area (Å²) < 4.78 is 25.0. The molecule has 1 heterocycles. The van der Waals surface area contributed by atoms with Crippen LogP contribution in [-0.4, -0.2) is 4.98 Å². The molecule has 0 saturated carbocycles. The summed E-state index contributed by atoms with van der Waals surface area (Å²) in [6.45, 7) is -0.0908. The standard InChI is InChI=1S/C9H10F2N4/c10-9(11)6-4-15-7(1-2-12)8(14)5(6)3-13/h4,9H,1,3,13-14H2. The van der Waals surface area contributed by atoms with E-state index in [2.05, 4.69) is 4.98 Å². The molecule has 0 fully saturated rings. The lowest BCUT2D eigenvalue weighted by atomic mass is 10.1. The Hall–Kier alpha value is -1.74. The van der Waals surface area contributed by atoms with Crippen molar-refractivity contribution < 1.29 is 8.78 Å². The van der Waals surface area contributed by atoms with E-state index in [-0.39, 0.29) is 29.8 Å². The highest BCUT2D eigenvalue weighted by molar-refractivity contribution is 5.54. The summed E-state index contributed by atoms with van der Waals surface area (Å²) in [4.78, 5) is 3.71. The molecule has 0 bridgehead atoms. The number of nitrogens with two attached hydrogens (primary N) is 2. The molecule has 0 unspecified atom stereocenters. The smallest absolute Gasteiger partial charge is 0.265 e. The van der Waals surface area contributed by atoms with Crippen LogP contribution in [0.1, 0.15) is 23.2 Å². The van der Waals surface area contributed by atoms with Gasteiger partial charge in [0.2, 0.25) is 0 Å². The van der Waals surface area contributed by atoms with E-state index in [4.69, 9.17) is 16.7 Å². The Morgan fingerprint density at radius 3 is 2.67 bits per heavy atom. The Morgan fingerprint density at radius 1 is 1.53 bits per heavy atom. The summed E-state index contributed by atoms with van der Waals surface area (Å²) in [5.41, 5.74) is 11.2. The van der Waals surface area contributed by atoms with Crippen molar-refractivity contribution >= 4 is 5.69 Å². The summed E-state index contributed by atoms with van der Waals surface area (Å²) in [5.74, 6) is 0. The van der Waals surface area contributed by atoms with E-state index in [0.29, 0.717) is 5.69 Å². The fraction of sp³-hybridized carbons (Fsp3) is 0.333. The van der Waals surface area contributed by atoms with Crippen molar-refractivity contribution in [2.75, 3.05) is 5.73 Å². The zero-order chi connectivity index (χ0) is 11.4. The van der Waals surface area contributed by atoms with Crippen LogP contribution in [0.2, 0.25) is 0 Å². The second kappa shape index (κ2) is 4.66. The minimum absolute atomic E-state index is 0.0116. The van der Waals surface area contributed by atoms with Crippen LogP contribution in [-0.2, 0) is 13.0 Å². The molecule has 80 valence electrons. The van der Waals surface area contributed by atoms with Gasteiger partial charge in [0.05, 0.1) is 23.9 Å². The Balaban J connectivity index is 3.27. The first-order valence-electron chi connectivity index (χ1n) is 4.23. The van der Waals surface area contributed by atoms with Crippen molar-refractivity contribution in [1.29, 1.82) is 5.26 Å². The molecule has 1 aromatic heterocycles. The van der Waals surface area contributed by atoms with Crippen LogP contribution in [0.5, 0.6) is 0 Å². The Labute approximate surface area is 85.5 Å². The number of anilines is 1. The fourth-order valence-electron chi connectivity index (χ4n) is 1.26. The van der Waals surface area contributed by atoms with Crippen LogP contribution in [0.25, 0.3) is 0 Å². The summed E-state index contributed by atoms with van der Waals surface area (Å²) >= 11 is 0. The van der Waals surface area contributed by atoms with Gasteiger partial charge in [-0.3, -0.25) is 4.98 Å². The predicted octanol–water partition coefficient (Wildman–Crippen LogP) is 1.13. The SMILES string of the molecule is N#CCc1ncc(C(F)F)c(CN)c1N. The van der Waals surface area contributed by atoms with E-state index in [1.165, 1.54) is 0 Å². The maximum atomic E-state index is 12.5. The molecule has 0 amide bonds. The minimum Gasteiger partial charge on any atom is -0.397 e. The molecular weight excluding hydrogens is 202 g/mol. The predicted molar refractivity (Wildman–Crippen MR) is 50.8 cm³/mol.